The Bertz CT molecular complexity index is 1230. The molecule has 4 aromatic rings. The third-order valence-corrected chi connectivity index (χ3v) is 5.38. The lowest BCUT2D eigenvalue weighted by molar-refractivity contribution is -0.111. The molecule has 152 valence electrons. The van der Waals surface area contributed by atoms with Crippen LogP contribution in [-0.4, -0.2) is 34.7 Å². The maximum atomic E-state index is 12.4. The van der Waals surface area contributed by atoms with Crippen molar-refractivity contribution in [3.05, 3.63) is 64.5 Å². The second-order valence-corrected chi connectivity index (χ2v) is 7.46. The van der Waals surface area contributed by atoms with E-state index in [2.05, 4.69) is 15.4 Å². The zero-order valence-electron chi connectivity index (χ0n) is 16.1. The minimum Gasteiger partial charge on any atom is -0.497 e. The van der Waals surface area contributed by atoms with Crippen molar-refractivity contribution in [3.8, 4) is 22.8 Å². The molecule has 7 nitrogen and oxygen atoms in total. The maximum absolute atomic E-state index is 12.4. The average molecular weight is 441 g/mol. The van der Waals surface area contributed by atoms with E-state index in [-0.39, 0.29) is 11.9 Å². The molecule has 2 aromatic heterocycles. The average Bonchev–Trinajstić information content (AvgIpc) is 3.33. The minimum atomic E-state index is -0.355. The van der Waals surface area contributed by atoms with Crippen LogP contribution in [0, 0.1) is 0 Å². The molecule has 0 spiro atoms. The fourth-order valence-corrected chi connectivity index (χ4v) is 3.80. The van der Waals surface area contributed by atoms with Crippen molar-refractivity contribution in [2.24, 2.45) is 0 Å². The quantitative estimate of drug-likeness (QED) is 0.436. The Morgan fingerprint density at radius 1 is 1.17 bits per heavy atom. The Balaban J connectivity index is 1.53. The molecule has 9 heteroatoms. The molecule has 1 amide bonds. The monoisotopic (exact) mass is 440 g/mol. The van der Waals surface area contributed by atoms with E-state index in [0.29, 0.717) is 21.5 Å². The number of carbonyl (C=O) groups is 1. The number of benzene rings is 2. The van der Waals surface area contributed by atoms with Crippen LogP contribution in [-0.2, 0) is 4.79 Å². The Morgan fingerprint density at radius 3 is 2.70 bits per heavy atom. The number of methoxy groups -OCH3 is 2. The number of nitrogens with zero attached hydrogens (tertiary/aromatic N) is 3. The largest absolute Gasteiger partial charge is 0.497 e. The zero-order valence-corrected chi connectivity index (χ0v) is 17.7. The van der Waals surface area contributed by atoms with E-state index in [0.717, 1.165) is 16.8 Å². The van der Waals surface area contributed by atoms with E-state index >= 15 is 0 Å². The first kappa shape index (κ1) is 19.9. The van der Waals surface area contributed by atoms with Gasteiger partial charge < -0.3 is 9.47 Å². The van der Waals surface area contributed by atoms with Crippen LogP contribution in [0.5, 0.6) is 11.5 Å². The van der Waals surface area contributed by atoms with Crippen LogP contribution in [0.1, 0.15) is 5.56 Å². The zero-order chi connectivity index (χ0) is 21.1. The van der Waals surface area contributed by atoms with Crippen LogP contribution in [0.4, 0.5) is 5.95 Å². The van der Waals surface area contributed by atoms with Crippen molar-refractivity contribution in [2.75, 3.05) is 19.5 Å². The van der Waals surface area contributed by atoms with Gasteiger partial charge >= 0.3 is 0 Å². The predicted octanol–water partition coefficient (Wildman–Crippen LogP) is 4.78. The number of amides is 1. The fraction of sp³-hybridized carbons (Fsp3) is 0.0952. The molecule has 4 rings (SSSR count). The van der Waals surface area contributed by atoms with E-state index in [4.69, 9.17) is 21.1 Å². The highest BCUT2D eigenvalue weighted by atomic mass is 35.5. The predicted molar refractivity (Wildman–Crippen MR) is 119 cm³/mol. The van der Waals surface area contributed by atoms with Crippen molar-refractivity contribution in [2.45, 2.75) is 0 Å². The maximum Gasteiger partial charge on any atom is 0.250 e. The lowest BCUT2D eigenvalue weighted by Gasteiger charge is -2.07. The third kappa shape index (κ3) is 4.14. The summed E-state index contributed by atoms with van der Waals surface area (Å²) in [5.74, 6) is 1.17. The fourth-order valence-electron chi connectivity index (χ4n) is 2.84. The van der Waals surface area contributed by atoms with Crippen LogP contribution in [0.25, 0.3) is 22.3 Å². The topological polar surface area (TPSA) is 77.8 Å². The van der Waals surface area contributed by atoms with Crippen molar-refractivity contribution < 1.29 is 14.3 Å². The molecule has 1 N–H and O–H groups in total. The van der Waals surface area contributed by atoms with Gasteiger partial charge in [0, 0.05) is 27.6 Å². The number of carbonyl (C=O) groups excluding carboxylic acids is 1. The Kier molecular flexibility index (Phi) is 5.69. The second-order valence-electron chi connectivity index (χ2n) is 6.19. The molecule has 0 unspecified atom stereocenters. The number of hydrogen-bond donors (Lipinski definition) is 1. The highest BCUT2D eigenvalue weighted by molar-refractivity contribution is 7.15. The molecule has 2 aromatic carbocycles. The van der Waals surface area contributed by atoms with Gasteiger partial charge in [-0.1, -0.05) is 23.7 Å². The molecule has 0 bridgehead atoms. The van der Waals surface area contributed by atoms with Gasteiger partial charge in [-0.3, -0.25) is 10.1 Å². The number of nitrogens with one attached hydrogen (secondary N) is 1. The molecule has 0 atom stereocenters. The first-order valence-electron chi connectivity index (χ1n) is 8.88. The van der Waals surface area contributed by atoms with Gasteiger partial charge in [0.2, 0.25) is 4.96 Å². The van der Waals surface area contributed by atoms with Gasteiger partial charge in [0.25, 0.3) is 11.9 Å². The van der Waals surface area contributed by atoms with E-state index in [1.54, 1.807) is 43.0 Å². The lowest BCUT2D eigenvalue weighted by atomic mass is 10.1. The van der Waals surface area contributed by atoms with Crippen molar-refractivity contribution in [1.82, 2.24) is 14.6 Å². The van der Waals surface area contributed by atoms with Gasteiger partial charge in [0.1, 0.15) is 11.5 Å². The van der Waals surface area contributed by atoms with Crippen molar-refractivity contribution >= 4 is 45.8 Å². The molecule has 0 fully saturated rings. The molecule has 0 aliphatic rings. The number of rotatable bonds is 6. The van der Waals surface area contributed by atoms with Gasteiger partial charge in [-0.05, 0) is 36.4 Å². The second kappa shape index (κ2) is 8.56. The number of aromatic nitrogens is 3. The number of anilines is 1. The molecule has 0 aliphatic heterocycles. The molecule has 2 heterocycles. The first-order valence-corrected chi connectivity index (χ1v) is 10.1. The summed E-state index contributed by atoms with van der Waals surface area (Å²) in [6, 6.07) is 12.8. The van der Waals surface area contributed by atoms with Crippen LogP contribution in [0.2, 0.25) is 5.02 Å². The van der Waals surface area contributed by atoms with Crippen LogP contribution < -0.4 is 14.8 Å². The number of ether oxygens (including phenoxy) is 2. The van der Waals surface area contributed by atoms with Gasteiger partial charge in [0.15, 0.2) is 0 Å². The van der Waals surface area contributed by atoms with E-state index in [9.17, 15) is 4.79 Å². The molecule has 0 aliphatic carbocycles. The summed E-state index contributed by atoms with van der Waals surface area (Å²) in [5, 5.41) is 9.71. The third-order valence-electron chi connectivity index (χ3n) is 4.31. The summed E-state index contributed by atoms with van der Waals surface area (Å²) in [6.45, 7) is 0. The normalized spacial score (nSPS) is 11.2. The molecule has 0 saturated carbocycles. The highest BCUT2D eigenvalue weighted by Crippen LogP contribution is 2.27. The summed E-state index contributed by atoms with van der Waals surface area (Å²) in [6.07, 6.45) is 3.04. The van der Waals surface area contributed by atoms with Gasteiger partial charge in [-0.15, -0.1) is 16.4 Å². The van der Waals surface area contributed by atoms with Crippen LogP contribution in [0.3, 0.4) is 0 Å². The SMILES string of the molecule is COc1ccc(OC)c(/C=C/C(=O)Nc2nc3scc(-c4ccc(Cl)cc4)n3n2)c1. The summed E-state index contributed by atoms with van der Waals surface area (Å²) in [4.78, 5) is 17.4. The van der Waals surface area contributed by atoms with Crippen LogP contribution in [0.15, 0.2) is 53.9 Å². The molecular weight excluding hydrogens is 424 g/mol. The van der Waals surface area contributed by atoms with Gasteiger partial charge in [-0.25, -0.2) is 4.52 Å². The standard InChI is InChI=1S/C21H17ClN4O3S/c1-28-16-8-9-18(29-2)14(11-16)5-10-19(27)23-20-24-21-26(25-20)17(12-30-21)13-3-6-15(22)7-4-13/h3-12H,1-2H3,(H,23,25,27)/b10-5+. The smallest absolute Gasteiger partial charge is 0.250 e. The molecule has 0 saturated heterocycles. The summed E-state index contributed by atoms with van der Waals surface area (Å²) >= 11 is 7.40. The summed E-state index contributed by atoms with van der Waals surface area (Å²) in [7, 11) is 3.15. The number of fused-ring (bicyclic) bond motifs is 1. The number of thiazole rings is 1. The molecule has 30 heavy (non-hydrogen) atoms. The van der Waals surface area contributed by atoms with Crippen LogP contribution >= 0.6 is 22.9 Å². The lowest BCUT2D eigenvalue weighted by Crippen LogP contribution is -2.09. The van der Waals surface area contributed by atoms with E-state index in [1.165, 1.54) is 17.4 Å². The van der Waals surface area contributed by atoms with E-state index in [1.807, 2.05) is 29.6 Å². The van der Waals surface area contributed by atoms with Crippen molar-refractivity contribution in [1.29, 1.82) is 0 Å². The first-order chi connectivity index (χ1) is 14.6. The summed E-state index contributed by atoms with van der Waals surface area (Å²) < 4.78 is 12.2. The Labute approximate surface area is 181 Å². The minimum absolute atomic E-state index is 0.226. The Morgan fingerprint density at radius 2 is 1.97 bits per heavy atom. The Hall–Kier alpha value is -3.36. The van der Waals surface area contributed by atoms with Crippen molar-refractivity contribution in [3.63, 3.8) is 0 Å². The van der Waals surface area contributed by atoms with Gasteiger partial charge in [0.05, 0.1) is 19.9 Å². The summed E-state index contributed by atoms with van der Waals surface area (Å²) in [5.41, 5.74) is 2.55. The van der Waals surface area contributed by atoms with E-state index < -0.39 is 0 Å². The highest BCUT2D eigenvalue weighted by Gasteiger charge is 2.13. The molecular formula is C21H17ClN4O3S. The number of hydrogen-bond acceptors (Lipinski definition) is 6. The molecule has 0 radical (unpaired) electrons. The number of halogens is 1. The van der Waals surface area contributed by atoms with Gasteiger partial charge in [-0.2, -0.15) is 4.98 Å².